The van der Waals surface area contributed by atoms with Crippen LogP contribution < -0.4 is 0 Å². The molecule has 5 nitrogen and oxygen atoms in total. The Bertz CT molecular complexity index is 182. The molecule has 0 aliphatic carbocycles. The summed E-state index contributed by atoms with van der Waals surface area (Å²) in [7, 11) is 0. The maximum atomic E-state index is 5.60. The van der Waals surface area contributed by atoms with Crippen LogP contribution in [0.25, 0.3) is 0 Å². The molecule has 0 aromatic carbocycles. The highest BCUT2D eigenvalue weighted by molar-refractivity contribution is 4.42. The highest BCUT2D eigenvalue weighted by Gasteiger charge is 1.94. The summed E-state index contributed by atoms with van der Waals surface area (Å²) < 4.78 is 27.2. The standard InChI is InChI=1S/C18H38O5/c1-3-19-15-9-17-22-13-7-5-11-21-12-6-8-14-23-18-10-16-20-4-2/h3-18H2,1-2H3. The molecule has 0 amide bonds. The van der Waals surface area contributed by atoms with Crippen molar-refractivity contribution >= 4 is 0 Å². The predicted molar refractivity (Wildman–Crippen MR) is 93.1 cm³/mol. The summed E-state index contributed by atoms with van der Waals surface area (Å²) in [4.78, 5) is 0. The van der Waals surface area contributed by atoms with Crippen molar-refractivity contribution in [2.24, 2.45) is 0 Å². The van der Waals surface area contributed by atoms with Gasteiger partial charge in [0.25, 0.3) is 0 Å². The summed E-state index contributed by atoms with van der Waals surface area (Å²) in [5.41, 5.74) is 0. The Balaban J connectivity index is 2.92. The van der Waals surface area contributed by atoms with Crippen LogP contribution in [0.3, 0.4) is 0 Å². The number of hydrogen-bond donors (Lipinski definition) is 0. The van der Waals surface area contributed by atoms with Crippen LogP contribution in [0.2, 0.25) is 0 Å². The van der Waals surface area contributed by atoms with Crippen molar-refractivity contribution in [1.29, 1.82) is 0 Å². The number of unbranched alkanes of at least 4 members (excludes halogenated alkanes) is 2. The normalized spacial score (nSPS) is 11.2. The average Bonchev–Trinajstić information content (AvgIpc) is 2.57. The zero-order valence-electron chi connectivity index (χ0n) is 15.4. The van der Waals surface area contributed by atoms with Crippen molar-refractivity contribution in [1.82, 2.24) is 0 Å². The van der Waals surface area contributed by atoms with Crippen LogP contribution in [0.15, 0.2) is 0 Å². The molecule has 0 aromatic rings. The third kappa shape index (κ3) is 21.8. The smallest absolute Gasteiger partial charge is 0.0487 e. The maximum Gasteiger partial charge on any atom is 0.0487 e. The van der Waals surface area contributed by atoms with E-state index >= 15 is 0 Å². The van der Waals surface area contributed by atoms with Crippen molar-refractivity contribution in [3.8, 4) is 0 Å². The quantitative estimate of drug-likeness (QED) is 0.319. The Morgan fingerprint density at radius 3 is 0.913 bits per heavy atom. The third-order valence-corrected chi connectivity index (χ3v) is 3.22. The average molecular weight is 334 g/mol. The highest BCUT2D eigenvalue weighted by Crippen LogP contribution is 1.96. The lowest BCUT2D eigenvalue weighted by molar-refractivity contribution is 0.0718. The Hall–Kier alpha value is -0.200. The molecule has 0 heterocycles. The molecule has 0 rings (SSSR count). The summed E-state index contributed by atoms with van der Waals surface area (Å²) in [6, 6.07) is 0. The Labute approximate surface area is 143 Å². The summed E-state index contributed by atoms with van der Waals surface area (Å²) in [6.07, 6.45) is 6.24. The largest absolute Gasteiger partial charge is 0.382 e. The summed E-state index contributed by atoms with van der Waals surface area (Å²) in [5.74, 6) is 0. The second-order valence-corrected chi connectivity index (χ2v) is 5.35. The molecule has 0 fully saturated rings. The minimum Gasteiger partial charge on any atom is -0.382 e. The summed E-state index contributed by atoms with van der Waals surface area (Å²) in [6.45, 7) is 12.1. The molecule has 140 valence electrons. The fourth-order valence-electron chi connectivity index (χ4n) is 1.94. The zero-order chi connectivity index (χ0) is 16.8. The van der Waals surface area contributed by atoms with Gasteiger partial charge in [0.15, 0.2) is 0 Å². The second kappa shape index (κ2) is 21.8. The molecule has 0 aliphatic rings. The van der Waals surface area contributed by atoms with Crippen molar-refractivity contribution in [3.63, 3.8) is 0 Å². The van der Waals surface area contributed by atoms with E-state index in [1.807, 2.05) is 13.8 Å². The molecule has 0 saturated carbocycles. The van der Waals surface area contributed by atoms with E-state index in [4.69, 9.17) is 23.7 Å². The predicted octanol–water partition coefficient (Wildman–Crippen LogP) is 3.45. The second-order valence-electron chi connectivity index (χ2n) is 5.35. The van der Waals surface area contributed by atoms with Gasteiger partial charge in [-0.2, -0.15) is 0 Å². The van der Waals surface area contributed by atoms with Crippen LogP contribution in [0.1, 0.15) is 52.4 Å². The lowest BCUT2D eigenvalue weighted by Gasteiger charge is -2.06. The van der Waals surface area contributed by atoms with Crippen molar-refractivity contribution < 1.29 is 23.7 Å². The molecule has 0 radical (unpaired) electrons. The first-order valence-corrected chi connectivity index (χ1v) is 9.30. The van der Waals surface area contributed by atoms with E-state index in [1.54, 1.807) is 0 Å². The van der Waals surface area contributed by atoms with Gasteiger partial charge in [-0.05, 0) is 52.4 Å². The van der Waals surface area contributed by atoms with Gasteiger partial charge in [0.1, 0.15) is 0 Å². The fraction of sp³-hybridized carbons (Fsp3) is 1.00. The highest BCUT2D eigenvalue weighted by atomic mass is 16.5. The van der Waals surface area contributed by atoms with Gasteiger partial charge in [0, 0.05) is 66.1 Å². The van der Waals surface area contributed by atoms with Gasteiger partial charge in [-0.3, -0.25) is 0 Å². The van der Waals surface area contributed by atoms with E-state index in [2.05, 4.69) is 0 Å². The maximum absolute atomic E-state index is 5.60. The van der Waals surface area contributed by atoms with Crippen LogP contribution in [0.4, 0.5) is 0 Å². The minimum atomic E-state index is 0.789. The lowest BCUT2D eigenvalue weighted by atomic mass is 10.3. The van der Waals surface area contributed by atoms with Gasteiger partial charge in [-0.25, -0.2) is 0 Å². The summed E-state index contributed by atoms with van der Waals surface area (Å²) >= 11 is 0. The van der Waals surface area contributed by atoms with E-state index in [-0.39, 0.29) is 0 Å². The molecular formula is C18H38O5. The minimum absolute atomic E-state index is 0.789. The van der Waals surface area contributed by atoms with Crippen molar-refractivity contribution in [3.05, 3.63) is 0 Å². The Kier molecular flexibility index (Phi) is 21.6. The Morgan fingerprint density at radius 1 is 0.348 bits per heavy atom. The monoisotopic (exact) mass is 334 g/mol. The molecule has 0 aromatic heterocycles. The van der Waals surface area contributed by atoms with Crippen LogP contribution in [-0.2, 0) is 23.7 Å². The molecule has 5 heteroatoms. The van der Waals surface area contributed by atoms with E-state index in [1.165, 1.54) is 0 Å². The van der Waals surface area contributed by atoms with E-state index < -0.39 is 0 Å². The van der Waals surface area contributed by atoms with Gasteiger partial charge in [0.05, 0.1) is 0 Å². The van der Waals surface area contributed by atoms with Crippen LogP contribution in [0.5, 0.6) is 0 Å². The van der Waals surface area contributed by atoms with Crippen LogP contribution in [-0.4, -0.2) is 66.1 Å². The van der Waals surface area contributed by atoms with Crippen LogP contribution >= 0.6 is 0 Å². The van der Waals surface area contributed by atoms with Gasteiger partial charge in [-0.15, -0.1) is 0 Å². The van der Waals surface area contributed by atoms with Gasteiger partial charge in [-0.1, -0.05) is 0 Å². The van der Waals surface area contributed by atoms with E-state index in [9.17, 15) is 0 Å². The SMILES string of the molecule is CCOCCCOCCCCOCCCCOCCCOCC. The molecule has 0 saturated heterocycles. The molecule has 0 unspecified atom stereocenters. The molecule has 0 spiro atoms. The first-order valence-electron chi connectivity index (χ1n) is 9.30. The number of ether oxygens (including phenoxy) is 5. The van der Waals surface area contributed by atoms with E-state index in [0.717, 1.165) is 105 Å². The molecule has 0 atom stereocenters. The van der Waals surface area contributed by atoms with Gasteiger partial charge in [0.2, 0.25) is 0 Å². The first kappa shape index (κ1) is 22.8. The Morgan fingerprint density at radius 2 is 0.609 bits per heavy atom. The van der Waals surface area contributed by atoms with Crippen molar-refractivity contribution in [2.45, 2.75) is 52.4 Å². The molecule has 0 N–H and O–H groups in total. The number of rotatable bonds is 20. The van der Waals surface area contributed by atoms with E-state index in [0.29, 0.717) is 0 Å². The molecule has 23 heavy (non-hydrogen) atoms. The lowest BCUT2D eigenvalue weighted by Crippen LogP contribution is -2.04. The first-order chi connectivity index (χ1) is 11.4. The molecular weight excluding hydrogens is 296 g/mol. The third-order valence-electron chi connectivity index (χ3n) is 3.22. The van der Waals surface area contributed by atoms with Gasteiger partial charge >= 0.3 is 0 Å². The molecule has 0 bridgehead atoms. The summed E-state index contributed by atoms with van der Waals surface area (Å²) in [5, 5.41) is 0. The molecule has 0 aliphatic heterocycles. The topological polar surface area (TPSA) is 46.2 Å². The number of hydrogen-bond acceptors (Lipinski definition) is 5. The van der Waals surface area contributed by atoms with Crippen LogP contribution in [0, 0.1) is 0 Å². The fourth-order valence-corrected chi connectivity index (χ4v) is 1.94. The zero-order valence-corrected chi connectivity index (χ0v) is 15.4. The van der Waals surface area contributed by atoms with Crippen molar-refractivity contribution in [2.75, 3.05) is 66.1 Å². The van der Waals surface area contributed by atoms with Gasteiger partial charge < -0.3 is 23.7 Å².